The second-order valence-corrected chi connectivity index (χ2v) is 4.78. The average Bonchev–Trinajstić information content (AvgIpc) is 2.41. The number of hydrogen-bond donors (Lipinski definition) is 0. The number of diazo groups is 1. The van der Waals surface area contributed by atoms with Gasteiger partial charge in [0.1, 0.15) is 0 Å². The summed E-state index contributed by atoms with van der Waals surface area (Å²) in [6.45, 7) is 2.24. The quantitative estimate of drug-likeness (QED) is 0.249. The maximum Gasteiger partial charge on any atom is 0.673 e. The van der Waals surface area contributed by atoms with Crippen LogP contribution in [0.4, 0.5) is 23.0 Å². The number of hydrogen-bond acceptors (Lipinski definition) is 1. The molecule has 21 heavy (non-hydrogen) atoms. The molecule has 2 nitrogen and oxygen atoms in total. The van der Waals surface area contributed by atoms with Gasteiger partial charge in [0, 0.05) is 12.1 Å². The van der Waals surface area contributed by atoms with Gasteiger partial charge in [0.2, 0.25) is 5.39 Å². The maximum atomic E-state index is 9.75. The predicted octanol–water partition coefficient (Wildman–Crippen LogP) is 6.37. The van der Waals surface area contributed by atoms with Gasteiger partial charge in [-0.1, -0.05) is 51.2 Å². The van der Waals surface area contributed by atoms with Crippen LogP contribution < -0.4 is 0 Å². The van der Waals surface area contributed by atoms with Crippen LogP contribution in [-0.2, 0) is 6.42 Å². The molecular formula is C14H21BF4N2. The second kappa shape index (κ2) is 11.1. The Morgan fingerprint density at radius 1 is 0.905 bits per heavy atom. The van der Waals surface area contributed by atoms with Crippen molar-refractivity contribution in [3.05, 3.63) is 34.8 Å². The number of benzene rings is 1. The molecule has 0 spiro atoms. The molecule has 0 aliphatic heterocycles. The molecule has 0 aliphatic carbocycles. The van der Waals surface area contributed by atoms with Gasteiger partial charge in [-0.15, -0.1) is 0 Å². The Hall–Kier alpha value is -1.58. The van der Waals surface area contributed by atoms with E-state index in [9.17, 15) is 17.3 Å². The standard InChI is InChI=1S/C14H21N2.BF4/c1-2-3-4-5-6-7-8-13-9-11-14(16-15)12-10-13;2-1(3,4)5/h9-12H,2-8H2,1H3;/q+1;-1. The first-order valence-electron chi connectivity index (χ1n) is 7.18. The molecule has 0 fully saturated rings. The van der Waals surface area contributed by atoms with Crippen LogP contribution in [0, 0.1) is 5.39 Å². The first-order chi connectivity index (χ1) is 9.86. The van der Waals surface area contributed by atoms with Crippen molar-refractivity contribution in [2.24, 2.45) is 0 Å². The van der Waals surface area contributed by atoms with E-state index in [1.807, 2.05) is 24.3 Å². The lowest BCUT2D eigenvalue weighted by Crippen LogP contribution is -2.02. The Morgan fingerprint density at radius 3 is 1.86 bits per heavy atom. The average molecular weight is 304 g/mol. The monoisotopic (exact) mass is 304 g/mol. The summed E-state index contributed by atoms with van der Waals surface area (Å²) in [5, 5.41) is 8.55. The normalized spacial score (nSPS) is 10.5. The fourth-order valence-electron chi connectivity index (χ4n) is 1.84. The number of aryl methyl sites for hydroxylation is 1. The van der Waals surface area contributed by atoms with E-state index in [-0.39, 0.29) is 0 Å². The minimum absolute atomic E-state index is 0.631. The highest BCUT2D eigenvalue weighted by Gasteiger charge is 2.20. The van der Waals surface area contributed by atoms with Crippen LogP contribution in [0.3, 0.4) is 0 Å². The van der Waals surface area contributed by atoms with Crippen LogP contribution in [0.2, 0.25) is 0 Å². The molecule has 0 amide bonds. The van der Waals surface area contributed by atoms with Crippen LogP contribution in [0.1, 0.15) is 51.0 Å². The Labute approximate surface area is 123 Å². The SMILES string of the molecule is CCCCCCCCc1ccc([N+]#N)cc1.F[B-](F)(F)F. The summed E-state index contributed by atoms with van der Waals surface area (Å²) in [4.78, 5) is 3.14. The van der Waals surface area contributed by atoms with Crippen molar-refractivity contribution in [1.82, 2.24) is 0 Å². The van der Waals surface area contributed by atoms with Crippen molar-refractivity contribution < 1.29 is 17.3 Å². The number of nitrogens with zero attached hydrogens (tertiary/aromatic N) is 2. The zero-order chi connectivity index (χ0) is 16.1. The summed E-state index contributed by atoms with van der Waals surface area (Å²) in [5.41, 5.74) is 1.97. The summed E-state index contributed by atoms with van der Waals surface area (Å²) in [6, 6.07) is 7.79. The van der Waals surface area contributed by atoms with E-state index in [2.05, 4.69) is 11.9 Å². The van der Waals surface area contributed by atoms with Crippen molar-refractivity contribution in [3.63, 3.8) is 0 Å². The fraction of sp³-hybridized carbons (Fsp3) is 0.571. The van der Waals surface area contributed by atoms with Gasteiger partial charge in [-0.05, 0) is 18.4 Å². The van der Waals surface area contributed by atoms with E-state index in [4.69, 9.17) is 5.39 Å². The number of rotatable bonds is 7. The van der Waals surface area contributed by atoms with Crippen LogP contribution in [0.15, 0.2) is 24.3 Å². The summed E-state index contributed by atoms with van der Waals surface area (Å²) in [6.07, 6.45) is 9.14. The second-order valence-electron chi connectivity index (χ2n) is 4.78. The van der Waals surface area contributed by atoms with Crippen LogP contribution >= 0.6 is 0 Å². The molecule has 0 unspecified atom stereocenters. The molecule has 0 saturated carbocycles. The molecule has 0 bridgehead atoms. The van der Waals surface area contributed by atoms with Crippen molar-refractivity contribution in [2.45, 2.75) is 51.9 Å². The highest BCUT2D eigenvalue weighted by molar-refractivity contribution is 6.50. The van der Waals surface area contributed by atoms with E-state index in [1.165, 1.54) is 44.1 Å². The zero-order valence-corrected chi connectivity index (χ0v) is 12.2. The first-order valence-corrected chi connectivity index (χ1v) is 7.18. The van der Waals surface area contributed by atoms with Crippen LogP contribution in [-0.4, -0.2) is 7.25 Å². The summed E-state index contributed by atoms with van der Waals surface area (Å²) in [7, 11) is -6.00. The Kier molecular flexibility index (Phi) is 10.3. The highest BCUT2D eigenvalue weighted by Crippen LogP contribution is 2.15. The van der Waals surface area contributed by atoms with Crippen molar-refractivity contribution >= 4 is 12.9 Å². The van der Waals surface area contributed by atoms with Crippen molar-refractivity contribution in [3.8, 4) is 0 Å². The minimum Gasteiger partial charge on any atom is -0.418 e. The van der Waals surface area contributed by atoms with E-state index in [0.29, 0.717) is 5.69 Å². The minimum atomic E-state index is -6.00. The zero-order valence-electron chi connectivity index (χ0n) is 12.2. The van der Waals surface area contributed by atoms with Gasteiger partial charge < -0.3 is 17.3 Å². The molecular weight excluding hydrogens is 283 g/mol. The van der Waals surface area contributed by atoms with Crippen LogP contribution in [0.25, 0.3) is 4.98 Å². The lowest BCUT2D eigenvalue weighted by Gasteiger charge is -2.00. The first kappa shape index (κ1) is 19.4. The maximum absolute atomic E-state index is 9.75. The van der Waals surface area contributed by atoms with Gasteiger partial charge in [0.15, 0.2) is 4.98 Å². The molecule has 1 rings (SSSR count). The van der Waals surface area contributed by atoms with E-state index in [1.54, 1.807) is 0 Å². The third-order valence-corrected chi connectivity index (χ3v) is 2.87. The molecule has 0 radical (unpaired) electrons. The molecule has 7 heteroatoms. The van der Waals surface area contributed by atoms with Gasteiger partial charge in [0.05, 0.1) is 0 Å². The molecule has 0 aromatic heterocycles. The molecule has 118 valence electrons. The Balaban J connectivity index is 0.000000690. The van der Waals surface area contributed by atoms with Crippen molar-refractivity contribution in [1.29, 1.82) is 5.39 Å². The number of unbranched alkanes of at least 4 members (excludes halogenated alkanes) is 5. The molecule has 1 aromatic rings. The summed E-state index contributed by atoms with van der Waals surface area (Å²) in [5.74, 6) is 0. The molecule has 0 N–H and O–H groups in total. The summed E-state index contributed by atoms with van der Waals surface area (Å²) >= 11 is 0. The predicted molar refractivity (Wildman–Crippen MR) is 78.5 cm³/mol. The molecule has 1 aromatic carbocycles. The summed E-state index contributed by atoms with van der Waals surface area (Å²) < 4.78 is 39.0. The third kappa shape index (κ3) is 14.6. The topological polar surface area (TPSA) is 28.1 Å². The van der Waals surface area contributed by atoms with E-state index < -0.39 is 7.25 Å². The lowest BCUT2D eigenvalue weighted by atomic mass is 10.0. The smallest absolute Gasteiger partial charge is 0.418 e. The van der Waals surface area contributed by atoms with E-state index >= 15 is 0 Å². The van der Waals surface area contributed by atoms with E-state index in [0.717, 1.165) is 6.42 Å². The third-order valence-electron chi connectivity index (χ3n) is 2.87. The van der Waals surface area contributed by atoms with Gasteiger partial charge >= 0.3 is 12.9 Å². The van der Waals surface area contributed by atoms with Gasteiger partial charge in [-0.3, -0.25) is 0 Å². The van der Waals surface area contributed by atoms with Gasteiger partial charge in [-0.25, -0.2) is 0 Å². The Bertz CT molecular complexity index is 406. The molecule has 0 heterocycles. The van der Waals surface area contributed by atoms with Gasteiger partial charge in [-0.2, -0.15) is 0 Å². The largest absolute Gasteiger partial charge is 0.673 e. The molecule has 0 atom stereocenters. The van der Waals surface area contributed by atoms with Crippen molar-refractivity contribution in [2.75, 3.05) is 0 Å². The lowest BCUT2D eigenvalue weighted by molar-refractivity contribution is 0.368. The number of halogens is 4. The molecule has 0 saturated heterocycles. The fourth-order valence-corrected chi connectivity index (χ4v) is 1.84. The highest BCUT2D eigenvalue weighted by atomic mass is 19.5. The Morgan fingerprint density at radius 2 is 1.38 bits per heavy atom. The van der Waals surface area contributed by atoms with Crippen LogP contribution in [0.5, 0.6) is 0 Å². The molecule has 0 aliphatic rings. The van der Waals surface area contributed by atoms with Gasteiger partial charge in [0.25, 0.3) is 0 Å².